The predicted molar refractivity (Wildman–Crippen MR) is 131 cm³/mol. The molecule has 0 unspecified atom stereocenters. The molecule has 1 heterocycles. The molecule has 0 saturated heterocycles. The molecule has 0 radical (unpaired) electrons. The Morgan fingerprint density at radius 2 is 1.39 bits per heavy atom. The molecule has 3 nitrogen and oxygen atoms in total. The number of hydrogen-bond donors (Lipinski definition) is 0. The number of rotatable bonds is 12. The van der Waals surface area contributed by atoms with Crippen molar-refractivity contribution in [3.8, 4) is 11.3 Å². The molecule has 0 spiro atoms. The Hall–Kier alpha value is -2.68. The molecule has 164 valence electrons. The first-order chi connectivity index (χ1) is 15.2. The zero-order valence-electron chi connectivity index (χ0n) is 19.1. The largest absolute Gasteiger partial charge is 0.339 e. The van der Waals surface area contributed by atoms with Crippen molar-refractivity contribution in [2.75, 3.05) is 13.1 Å². The number of benzene rings is 2. The zero-order chi connectivity index (χ0) is 21.9. The molecule has 0 saturated carbocycles. The zero-order valence-corrected chi connectivity index (χ0v) is 19.1. The maximum absolute atomic E-state index is 13.8. The van der Waals surface area contributed by atoms with Gasteiger partial charge in [0.2, 0.25) is 0 Å². The minimum Gasteiger partial charge on any atom is -0.339 e. The summed E-state index contributed by atoms with van der Waals surface area (Å²) in [6, 6.07) is 20.2. The molecule has 3 rings (SSSR count). The fourth-order valence-corrected chi connectivity index (χ4v) is 4.05. The van der Waals surface area contributed by atoms with Crippen LogP contribution < -0.4 is 0 Å². The lowest BCUT2D eigenvalue weighted by atomic mass is 10.0. The fraction of sp³-hybridized carbons (Fsp3) is 0.429. The van der Waals surface area contributed by atoms with Crippen LogP contribution in [0, 0.1) is 0 Å². The highest BCUT2D eigenvalue weighted by Crippen LogP contribution is 2.26. The van der Waals surface area contributed by atoms with Gasteiger partial charge in [0.15, 0.2) is 0 Å². The van der Waals surface area contributed by atoms with Gasteiger partial charge in [-0.1, -0.05) is 101 Å². The van der Waals surface area contributed by atoms with Crippen LogP contribution in [0.1, 0.15) is 75.6 Å². The molecule has 3 aromatic rings. The fourth-order valence-electron chi connectivity index (χ4n) is 4.05. The van der Waals surface area contributed by atoms with E-state index >= 15 is 0 Å². The molecule has 31 heavy (non-hydrogen) atoms. The Morgan fingerprint density at radius 3 is 2.03 bits per heavy atom. The molecule has 0 fully saturated rings. The van der Waals surface area contributed by atoms with Crippen LogP contribution in [0.2, 0.25) is 0 Å². The number of fused-ring (bicyclic) bond motifs is 1. The average Bonchev–Trinajstić information content (AvgIpc) is 2.82. The summed E-state index contributed by atoms with van der Waals surface area (Å²) < 4.78 is 0. The van der Waals surface area contributed by atoms with Gasteiger partial charge in [-0.15, -0.1) is 0 Å². The topological polar surface area (TPSA) is 33.2 Å². The SMILES string of the molecule is CCCCCCN(CCCCCC)C(=O)c1cc(-c2ccccc2)nc2ccccc12. The molecular weight excluding hydrogens is 380 g/mol. The van der Waals surface area contributed by atoms with Crippen LogP contribution in [0.15, 0.2) is 60.7 Å². The second-order valence-electron chi connectivity index (χ2n) is 8.35. The average molecular weight is 417 g/mol. The number of para-hydroxylation sites is 1. The smallest absolute Gasteiger partial charge is 0.254 e. The van der Waals surface area contributed by atoms with Crippen molar-refractivity contribution in [2.24, 2.45) is 0 Å². The van der Waals surface area contributed by atoms with Gasteiger partial charge in [-0.25, -0.2) is 4.98 Å². The third-order valence-electron chi connectivity index (χ3n) is 5.87. The van der Waals surface area contributed by atoms with Crippen molar-refractivity contribution < 1.29 is 4.79 Å². The van der Waals surface area contributed by atoms with E-state index in [2.05, 4.69) is 30.9 Å². The third-order valence-corrected chi connectivity index (χ3v) is 5.87. The highest BCUT2D eigenvalue weighted by molar-refractivity contribution is 6.07. The summed E-state index contributed by atoms with van der Waals surface area (Å²) in [5.41, 5.74) is 3.55. The minimum atomic E-state index is 0.142. The lowest BCUT2D eigenvalue weighted by Gasteiger charge is -2.24. The van der Waals surface area contributed by atoms with Gasteiger partial charge in [0, 0.05) is 24.0 Å². The van der Waals surface area contributed by atoms with Crippen molar-refractivity contribution in [1.29, 1.82) is 0 Å². The van der Waals surface area contributed by atoms with Crippen molar-refractivity contribution in [2.45, 2.75) is 65.2 Å². The number of pyridine rings is 1. The van der Waals surface area contributed by atoms with Crippen molar-refractivity contribution in [3.63, 3.8) is 0 Å². The molecule has 0 aliphatic heterocycles. The van der Waals surface area contributed by atoms with Gasteiger partial charge in [0.05, 0.1) is 16.8 Å². The number of carbonyl (C=O) groups excluding carboxylic acids is 1. The lowest BCUT2D eigenvalue weighted by molar-refractivity contribution is 0.0751. The highest BCUT2D eigenvalue weighted by Gasteiger charge is 2.19. The number of aromatic nitrogens is 1. The van der Waals surface area contributed by atoms with Crippen LogP contribution in [0.4, 0.5) is 0 Å². The molecule has 1 amide bonds. The summed E-state index contributed by atoms with van der Waals surface area (Å²) in [7, 11) is 0. The van der Waals surface area contributed by atoms with Crippen molar-refractivity contribution >= 4 is 16.8 Å². The van der Waals surface area contributed by atoms with E-state index in [9.17, 15) is 4.79 Å². The van der Waals surface area contributed by atoms with Crippen LogP contribution >= 0.6 is 0 Å². The second kappa shape index (κ2) is 12.2. The number of amides is 1. The normalized spacial score (nSPS) is 11.0. The number of carbonyl (C=O) groups is 1. The van der Waals surface area contributed by atoms with E-state index < -0.39 is 0 Å². The van der Waals surface area contributed by atoms with E-state index in [1.54, 1.807) is 0 Å². The van der Waals surface area contributed by atoms with Crippen LogP contribution in [-0.2, 0) is 0 Å². The quantitative estimate of drug-likeness (QED) is 0.286. The molecule has 0 bridgehead atoms. The van der Waals surface area contributed by atoms with E-state index in [0.29, 0.717) is 0 Å². The summed E-state index contributed by atoms with van der Waals surface area (Å²) in [6.45, 7) is 6.12. The first kappa shape index (κ1) is 23.0. The molecule has 0 atom stereocenters. The van der Waals surface area contributed by atoms with E-state index in [0.717, 1.165) is 53.7 Å². The lowest BCUT2D eigenvalue weighted by Crippen LogP contribution is -2.33. The second-order valence-corrected chi connectivity index (χ2v) is 8.35. The summed E-state index contributed by atoms with van der Waals surface area (Å²) in [5, 5.41) is 0.944. The van der Waals surface area contributed by atoms with Gasteiger partial charge in [-0.3, -0.25) is 4.79 Å². The van der Waals surface area contributed by atoms with Gasteiger partial charge in [-0.05, 0) is 25.0 Å². The van der Waals surface area contributed by atoms with Gasteiger partial charge in [0.1, 0.15) is 0 Å². The third kappa shape index (κ3) is 6.40. The summed E-state index contributed by atoms with van der Waals surface area (Å²) in [4.78, 5) is 20.7. The monoisotopic (exact) mass is 416 g/mol. The van der Waals surface area contributed by atoms with Gasteiger partial charge >= 0.3 is 0 Å². The first-order valence-corrected chi connectivity index (χ1v) is 12.0. The molecule has 0 aliphatic carbocycles. The number of unbranched alkanes of at least 4 members (excludes halogenated alkanes) is 6. The van der Waals surface area contributed by atoms with Crippen LogP contribution in [0.3, 0.4) is 0 Å². The molecule has 3 heteroatoms. The molecule has 1 aromatic heterocycles. The molecule has 0 N–H and O–H groups in total. The highest BCUT2D eigenvalue weighted by atomic mass is 16.2. The van der Waals surface area contributed by atoms with Gasteiger partial charge < -0.3 is 4.90 Å². The van der Waals surface area contributed by atoms with Crippen molar-refractivity contribution in [1.82, 2.24) is 9.88 Å². The van der Waals surface area contributed by atoms with Crippen LogP contribution in [0.25, 0.3) is 22.2 Å². The minimum absolute atomic E-state index is 0.142. The van der Waals surface area contributed by atoms with Crippen molar-refractivity contribution in [3.05, 3.63) is 66.2 Å². The predicted octanol–water partition coefficient (Wildman–Crippen LogP) is 7.50. The van der Waals surface area contributed by atoms with E-state index in [1.807, 2.05) is 48.5 Å². The van der Waals surface area contributed by atoms with E-state index in [4.69, 9.17) is 4.98 Å². The Kier molecular flexibility index (Phi) is 9.08. The molecule has 2 aromatic carbocycles. The Bertz CT molecular complexity index is 940. The van der Waals surface area contributed by atoms with Gasteiger partial charge in [0.25, 0.3) is 5.91 Å². The summed E-state index contributed by atoms with van der Waals surface area (Å²) in [5.74, 6) is 0.142. The first-order valence-electron chi connectivity index (χ1n) is 12.0. The Balaban J connectivity index is 1.91. The van der Waals surface area contributed by atoms with E-state index in [-0.39, 0.29) is 5.91 Å². The van der Waals surface area contributed by atoms with E-state index in [1.165, 1.54) is 38.5 Å². The maximum atomic E-state index is 13.8. The number of nitrogens with zero attached hydrogens (tertiary/aromatic N) is 2. The molecule has 0 aliphatic rings. The summed E-state index contributed by atoms with van der Waals surface area (Å²) in [6.07, 6.45) is 9.38. The maximum Gasteiger partial charge on any atom is 0.254 e. The Morgan fingerprint density at radius 1 is 0.774 bits per heavy atom. The van der Waals surface area contributed by atoms with Gasteiger partial charge in [-0.2, -0.15) is 0 Å². The number of hydrogen-bond acceptors (Lipinski definition) is 2. The standard InChI is InChI=1S/C28H36N2O/c1-3-5-7-14-20-30(21-15-8-6-4-2)28(31)25-22-27(23-16-10-9-11-17-23)29-26-19-13-12-18-24(25)26/h9-13,16-19,22H,3-8,14-15,20-21H2,1-2H3. The summed E-state index contributed by atoms with van der Waals surface area (Å²) >= 11 is 0. The molecular formula is C28H36N2O. The van der Waals surface area contributed by atoms with Crippen LogP contribution in [-0.4, -0.2) is 28.9 Å². The Labute approximate surface area is 187 Å². The van der Waals surface area contributed by atoms with Crippen LogP contribution in [0.5, 0.6) is 0 Å².